The molecule has 0 atom stereocenters. The van der Waals surface area contributed by atoms with Crippen LogP contribution in [0, 0.1) is 0 Å². The second kappa shape index (κ2) is 5.44. The molecule has 0 radical (unpaired) electrons. The van der Waals surface area contributed by atoms with Crippen LogP contribution in [0.15, 0.2) is 24.3 Å². The fraction of sp³-hybridized carbons (Fsp3) is 0.286. The van der Waals surface area contributed by atoms with Gasteiger partial charge in [0.1, 0.15) is 0 Å². The number of aryl methyl sites for hydroxylation is 2. The van der Waals surface area contributed by atoms with E-state index in [1.807, 2.05) is 6.07 Å². The van der Waals surface area contributed by atoms with Gasteiger partial charge in [0.15, 0.2) is 0 Å². The summed E-state index contributed by atoms with van der Waals surface area (Å²) < 4.78 is 0. The molecule has 0 spiro atoms. The maximum absolute atomic E-state index is 7.73. The van der Waals surface area contributed by atoms with Crippen LogP contribution in [0.2, 0.25) is 0 Å². The molecule has 17 heavy (non-hydrogen) atoms. The molecule has 2 aromatic carbocycles. The third-order valence-electron chi connectivity index (χ3n) is 3.11. The first-order valence-electron chi connectivity index (χ1n) is 5.73. The quantitative estimate of drug-likeness (QED) is 0.643. The van der Waals surface area contributed by atoms with Gasteiger partial charge in [0.2, 0.25) is 0 Å². The maximum atomic E-state index is 7.73. The second-order valence-corrected chi connectivity index (χ2v) is 4.08. The van der Waals surface area contributed by atoms with Crippen LogP contribution in [0.3, 0.4) is 0 Å². The Balaban J connectivity index is 0.00000144. The molecular weight excluding hydrogens is 252 g/mol. The van der Waals surface area contributed by atoms with Crippen LogP contribution in [-0.2, 0) is 29.9 Å². The molecule has 0 heterocycles. The van der Waals surface area contributed by atoms with E-state index in [0.717, 1.165) is 18.2 Å². The number of hydrogen-bond donors (Lipinski definition) is 1. The molecule has 3 N–H and O–H groups in total. The summed E-state index contributed by atoms with van der Waals surface area (Å²) in [4.78, 5) is 0. The van der Waals surface area contributed by atoms with Crippen LogP contribution in [0.5, 0.6) is 0 Å². The predicted octanol–water partition coefficient (Wildman–Crippen LogP) is 4.23. The van der Waals surface area contributed by atoms with E-state index in [1.165, 1.54) is 16.5 Å². The molecule has 2 nitrogen and oxygen atoms in total. The largest absolute Gasteiger partial charge is 2.00 e. The molecule has 0 bridgehead atoms. The van der Waals surface area contributed by atoms with Crippen LogP contribution in [0.4, 0.5) is 11.4 Å². The van der Waals surface area contributed by atoms with Crippen LogP contribution in [0.25, 0.3) is 16.5 Å². The molecule has 0 aromatic heterocycles. The van der Waals surface area contributed by atoms with Crippen LogP contribution in [-0.4, -0.2) is 0 Å². The Morgan fingerprint density at radius 3 is 2.35 bits per heavy atom. The number of benzene rings is 2. The summed E-state index contributed by atoms with van der Waals surface area (Å²) in [6.45, 7) is 4.29. The Labute approximate surface area is 113 Å². The van der Waals surface area contributed by atoms with Gasteiger partial charge in [-0.25, -0.2) is 0 Å². The summed E-state index contributed by atoms with van der Waals surface area (Å²) >= 11 is 0. The smallest absolute Gasteiger partial charge is 0.697 e. The Bertz CT molecular complexity index is 535. The van der Waals surface area contributed by atoms with E-state index < -0.39 is 0 Å². The molecule has 0 unspecified atom stereocenters. The number of hydrogen-bond acceptors (Lipinski definition) is 1. The number of anilines is 1. The van der Waals surface area contributed by atoms with Crippen molar-refractivity contribution in [2.24, 2.45) is 0 Å². The van der Waals surface area contributed by atoms with Gasteiger partial charge in [-0.05, 0) is 35.4 Å². The molecular formula is C14H17FeN2+. The summed E-state index contributed by atoms with van der Waals surface area (Å²) in [5, 5.41) is 2.22. The summed E-state index contributed by atoms with van der Waals surface area (Å²) in [7, 11) is 0. The third-order valence-corrected chi connectivity index (χ3v) is 3.11. The zero-order valence-electron chi connectivity index (χ0n) is 10.2. The van der Waals surface area contributed by atoms with Gasteiger partial charge < -0.3 is 11.5 Å². The van der Waals surface area contributed by atoms with Crippen molar-refractivity contribution < 1.29 is 17.1 Å². The summed E-state index contributed by atoms with van der Waals surface area (Å²) in [5.41, 5.74) is 17.3. The number of nitrogens with one attached hydrogen (secondary N) is 1. The van der Waals surface area contributed by atoms with Crippen molar-refractivity contribution in [3.63, 3.8) is 0 Å². The predicted molar refractivity (Wildman–Crippen MR) is 71.1 cm³/mol. The van der Waals surface area contributed by atoms with E-state index in [1.54, 1.807) is 6.07 Å². The molecule has 0 amide bonds. The van der Waals surface area contributed by atoms with E-state index in [2.05, 4.69) is 26.0 Å². The first-order valence-corrected chi connectivity index (χ1v) is 5.73. The van der Waals surface area contributed by atoms with Gasteiger partial charge in [-0.3, -0.25) is 0 Å². The van der Waals surface area contributed by atoms with Gasteiger partial charge in [0, 0.05) is 11.1 Å². The number of nitrogen functional groups attached to an aromatic ring is 1. The van der Waals surface area contributed by atoms with Crippen molar-refractivity contribution in [2.75, 3.05) is 5.73 Å². The van der Waals surface area contributed by atoms with Crippen molar-refractivity contribution in [1.29, 1.82) is 0 Å². The SMILES string of the molecule is CCc1cc(CC)c2ccc([NH-])c(N)c2c1.[Fe+2]. The van der Waals surface area contributed by atoms with Gasteiger partial charge in [0.05, 0.1) is 0 Å². The zero-order chi connectivity index (χ0) is 11.7. The van der Waals surface area contributed by atoms with Crippen molar-refractivity contribution in [1.82, 2.24) is 0 Å². The van der Waals surface area contributed by atoms with E-state index in [9.17, 15) is 0 Å². The minimum atomic E-state index is 0. The molecule has 0 saturated carbocycles. The Kier molecular flexibility index (Phi) is 4.44. The van der Waals surface area contributed by atoms with E-state index in [4.69, 9.17) is 11.5 Å². The van der Waals surface area contributed by atoms with Gasteiger partial charge in [-0.15, -0.1) is 5.69 Å². The summed E-state index contributed by atoms with van der Waals surface area (Å²) in [6, 6.07) is 8.14. The van der Waals surface area contributed by atoms with E-state index in [-0.39, 0.29) is 17.1 Å². The normalized spacial score (nSPS) is 10.2. The monoisotopic (exact) mass is 269 g/mol. The standard InChI is InChI=1S/C14H17N2.Fe/c1-3-9-7-10(4-2)11-5-6-13(15)14(16)12(11)8-9;/h5-8,15H,3-4,16H2,1-2H3;/q-1;+2. The first kappa shape index (κ1) is 13.9. The van der Waals surface area contributed by atoms with Crippen LogP contribution in [0.1, 0.15) is 25.0 Å². The molecule has 0 aliphatic rings. The Morgan fingerprint density at radius 1 is 1.06 bits per heavy atom. The van der Waals surface area contributed by atoms with E-state index >= 15 is 0 Å². The fourth-order valence-corrected chi connectivity index (χ4v) is 2.10. The molecule has 0 aliphatic carbocycles. The van der Waals surface area contributed by atoms with Crippen molar-refractivity contribution >= 4 is 22.1 Å². The number of nitrogens with two attached hydrogens (primary N) is 1. The summed E-state index contributed by atoms with van der Waals surface area (Å²) in [6.07, 6.45) is 2.01. The second-order valence-electron chi connectivity index (χ2n) is 4.08. The van der Waals surface area contributed by atoms with Crippen molar-refractivity contribution in [2.45, 2.75) is 26.7 Å². The van der Waals surface area contributed by atoms with Gasteiger partial charge in [-0.2, -0.15) is 0 Å². The van der Waals surface area contributed by atoms with Crippen molar-refractivity contribution in [3.05, 3.63) is 41.1 Å². The molecule has 0 fully saturated rings. The maximum Gasteiger partial charge on any atom is 2.00 e. The molecule has 0 aliphatic heterocycles. The minimum absolute atomic E-state index is 0. The molecule has 0 saturated heterocycles. The first-order chi connectivity index (χ1) is 7.67. The average Bonchev–Trinajstić information content (AvgIpc) is 2.32. The van der Waals surface area contributed by atoms with Gasteiger partial charge in [-0.1, -0.05) is 32.0 Å². The van der Waals surface area contributed by atoms with Gasteiger partial charge >= 0.3 is 17.1 Å². The third kappa shape index (κ3) is 2.41. The van der Waals surface area contributed by atoms with Gasteiger partial charge in [0.25, 0.3) is 0 Å². The topological polar surface area (TPSA) is 49.8 Å². The molecule has 3 heteroatoms. The van der Waals surface area contributed by atoms with E-state index in [0.29, 0.717) is 11.4 Å². The number of fused-ring (bicyclic) bond motifs is 1. The number of rotatable bonds is 2. The van der Waals surface area contributed by atoms with Crippen LogP contribution < -0.4 is 5.73 Å². The summed E-state index contributed by atoms with van der Waals surface area (Å²) in [5.74, 6) is 0. The van der Waals surface area contributed by atoms with Crippen molar-refractivity contribution in [3.8, 4) is 0 Å². The molecule has 2 rings (SSSR count). The molecule has 2 aromatic rings. The Morgan fingerprint density at radius 2 is 1.76 bits per heavy atom. The average molecular weight is 269 g/mol. The zero-order valence-corrected chi connectivity index (χ0v) is 11.3. The minimum Gasteiger partial charge on any atom is -0.697 e. The molecule has 90 valence electrons. The van der Waals surface area contributed by atoms with Crippen LogP contribution >= 0.6 is 0 Å². The Hall–Kier alpha value is -1.18. The fourth-order valence-electron chi connectivity index (χ4n) is 2.10.